The van der Waals surface area contributed by atoms with Crippen molar-refractivity contribution >= 4 is 35.2 Å². The quantitative estimate of drug-likeness (QED) is 0.123. The summed E-state index contributed by atoms with van der Waals surface area (Å²) in [6.07, 6.45) is 4.92. The number of benzene rings is 4. The van der Waals surface area contributed by atoms with Crippen LogP contribution < -0.4 is 5.19 Å². The van der Waals surface area contributed by atoms with Gasteiger partial charge in [0.2, 0.25) is 0 Å². The number of hydrogen-bond acceptors (Lipinski definition) is 3. The number of rotatable bonds is 6. The third-order valence-corrected chi connectivity index (χ3v) is 11.1. The number of fused-ring (bicyclic) bond motifs is 3. The number of hydrogen-bond donors (Lipinski definition) is 0. The van der Waals surface area contributed by atoms with Crippen molar-refractivity contribution in [3.8, 4) is 33.6 Å². The van der Waals surface area contributed by atoms with Gasteiger partial charge in [0.05, 0.1) is 13.7 Å². The van der Waals surface area contributed by atoms with Gasteiger partial charge in [0, 0.05) is 43.4 Å². The van der Waals surface area contributed by atoms with E-state index in [2.05, 4.69) is 174 Å². The first-order chi connectivity index (χ1) is 23.8. The molecule has 0 saturated heterocycles. The normalized spacial score (nSPS) is 11.7. The van der Waals surface area contributed by atoms with Crippen molar-refractivity contribution in [3.05, 3.63) is 138 Å². The minimum atomic E-state index is -1.25. The molecule has 7 rings (SSSR count). The Balaban J connectivity index is 0.000000218. The third-order valence-electron chi connectivity index (χ3n) is 9.05. The molecule has 1 radical (unpaired) electrons. The Kier molecular flexibility index (Phi) is 11.7. The molecule has 0 aliphatic rings. The average molecular weight is 865 g/mol. The van der Waals surface area contributed by atoms with E-state index < -0.39 is 8.07 Å². The molecule has 4 aromatic carbocycles. The zero-order valence-electron chi connectivity index (χ0n) is 31.3. The first-order valence-electron chi connectivity index (χ1n) is 17.6. The molecular formula is C46H48IrN2OSi-2. The molecule has 0 atom stereocenters. The molecule has 3 aromatic heterocycles. The summed E-state index contributed by atoms with van der Waals surface area (Å²) in [6.45, 7) is 20.3. The van der Waals surface area contributed by atoms with Gasteiger partial charge in [-0.15, -0.1) is 53.6 Å². The van der Waals surface area contributed by atoms with Crippen molar-refractivity contribution in [1.82, 2.24) is 9.97 Å². The number of pyridine rings is 2. The summed E-state index contributed by atoms with van der Waals surface area (Å²) in [5.74, 6) is 0.549. The van der Waals surface area contributed by atoms with E-state index in [1.807, 2.05) is 18.5 Å². The van der Waals surface area contributed by atoms with E-state index in [4.69, 9.17) is 4.42 Å². The van der Waals surface area contributed by atoms with Gasteiger partial charge in [-0.25, -0.2) is 0 Å². The maximum atomic E-state index is 6.52. The van der Waals surface area contributed by atoms with E-state index in [0.717, 1.165) is 62.0 Å². The Bertz CT molecular complexity index is 2220. The number of aromatic nitrogens is 2. The van der Waals surface area contributed by atoms with Crippen molar-refractivity contribution in [2.75, 3.05) is 0 Å². The molecule has 51 heavy (non-hydrogen) atoms. The minimum absolute atomic E-state index is 0. The molecular weight excluding hydrogens is 817 g/mol. The van der Waals surface area contributed by atoms with Crippen molar-refractivity contribution in [2.45, 2.75) is 73.5 Å². The Labute approximate surface area is 319 Å². The van der Waals surface area contributed by atoms with E-state index in [1.165, 1.54) is 21.9 Å². The monoisotopic (exact) mass is 865 g/mol. The van der Waals surface area contributed by atoms with Crippen LogP contribution in [0.1, 0.15) is 57.2 Å². The van der Waals surface area contributed by atoms with Gasteiger partial charge in [0.1, 0.15) is 5.58 Å². The number of nitrogens with zero attached hydrogens (tertiary/aromatic N) is 2. The van der Waals surface area contributed by atoms with E-state index in [0.29, 0.717) is 5.92 Å². The Morgan fingerprint density at radius 3 is 2.16 bits per heavy atom. The second kappa shape index (κ2) is 15.6. The van der Waals surface area contributed by atoms with E-state index >= 15 is 0 Å². The van der Waals surface area contributed by atoms with Crippen LogP contribution in [0.3, 0.4) is 0 Å². The Hall–Kier alpha value is -4.15. The predicted molar refractivity (Wildman–Crippen MR) is 215 cm³/mol. The number of para-hydroxylation sites is 1. The smallest absolute Gasteiger partial charge is 0.128 e. The van der Waals surface area contributed by atoms with Crippen LogP contribution in [0.2, 0.25) is 19.6 Å². The third kappa shape index (κ3) is 9.02. The molecule has 3 heterocycles. The van der Waals surface area contributed by atoms with Crippen LogP contribution >= 0.6 is 0 Å². The van der Waals surface area contributed by atoms with Crippen LogP contribution in [0, 0.1) is 24.5 Å². The van der Waals surface area contributed by atoms with Crippen molar-refractivity contribution in [3.63, 3.8) is 0 Å². The molecule has 5 heteroatoms. The second-order valence-electron chi connectivity index (χ2n) is 15.9. The molecule has 0 saturated carbocycles. The van der Waals surface area contributed by atoms with E-state index in [1.54, 1.807) is 0 Å². The molecule has 0 N–H and O–H groups in total. The second-order valence-corrected chi connectivity index (χ2v) is 21.0. The Morgan fingerprint density at radius 2 is 1.53 bits per heavy atom. The molecule has 0 aliphatic heterocycles. The summed E-state index contributed by atoms with van der Waals surface area (Å²) in [5, 5.41) is 3.62. The molecule has 0 bridgehead atoms. The zero-order chi connectivity index (χ0) is 35.6. The fraction of sp³-hybridized carbons (Fsp3) is 0.261. The standard InChI is InChI=1S/C29H26NO.C17H22NSi.Ir/c1-19-11-13-21(14-12-19)22-7-5-8-23-24-9-6-10-25(28(24)31-27(22)23)26-17-20(15-16-30-26)18-29(2,3)4;1-13(2)14-6-8-15(9-7-14)17-11-10-16(12-18-17)19(3,4)5;/h5-9,11-17H,18H2,1-4H3;6-8,10-13H,1-5H3;/q2*-1;. The van der Waals surface area contributed by atoms with Crippen LogP contribution in [0.5, 0.6) is 0 Å². The SMILES string of the molecule is CC(C)c1c[c-]c(-c2ccc([Si](C)(C)C)cn2)cc1.Cc1ccc(-c2cccc3c2oc2c(-c4cc(CC(C)(C)C)ccn4)[c-]ccc23)cc1.[Ir]. The number of aryl methyl sites for hydroxylation is 1. The summed E-state index contributed by atoms with van der Waals surface area (Å²) < 4.78 is 6.52. The van der Waals surface area contributed by atoms with Gasteiger partial charge in [-0.3, -0.25) is 0 Å². The molecule has 0 aliphatic carbocycles. The fourth-order valence-electron chi connectivity index (χ4n) is 6.20. The largest absolute Gasteiger partial charge is 0.500 e. The summed E-state index contributed by atoms with van der Waals surface area (Å²) in [4.78, 5) is 9.25. The summed E-state index contributed by atoms with van der Waals surface area (Å²) in [5.41, 5.74) is 12.0. The van der Waals surface area contributed by atoms with Gasteiger partial charge in [0.15, 0.2) is 0 Å². The first kappa shape index (κ1) is 38.1. The van der Waals surface area contributed by atoms with Gasteiger partial charge in [-0.1, -0.05) is 143 Å². The maximum Gasteiger partial charge on any atom is 0.128 e. The van der Waals surface area contributed by atoms with E-state index in [-0.39, 0.29) is 25.5 Å². The van der Waals surface area contributed by atoms with Crippen LogP contribution in [-0.2, 0) is 26.5 Å². The van der Waals surface area contributed by atoms with E-state index in [9.17, 15) is 0 Å². The average Bonchev–Trinajstić information content (AvgIpc) is 3.47. The molecule has 0 amide bonds. The maximum absolute atomic E-state index is 6.52. The summed E-state index contributed by atoms with van der Waals surface area (Å²) >= 11 is 0. The van der Waals surface area contributed by atoms with Gasteiger partial charge in [-0.05, 0) is 47.0 Å². The zero-order valence-corrected chi connectivity index (χ0v) is 34.7. The van der Waals surface area contributed by atoms with Crippen molar-refractivity contribution in [1.29, 1.82) is 0 Å². The van der Waals surface area contributed by atoms with Crippen molar-refractivity contribution < 1.29 is 24.5 Å². The van der Waals surface area contributed by atoms with Crippen LogP contribution in [0.4, 0.5) is 0 Å². The van der Waals surface area contributed by atoms with Crippen LogP contribution in [0.25, 0.3) is 55.6 Å². The molecule has 0 fully saturated rings. The number of furan rings is 1. The van der Waals surface area contributed by atoms with Gasteiger partial charge in [-0.2, -0.15) is 0 Å². The predicted octanol–water partition coefficient (Wildman–Crippen LogP) is 12.2. The molecule has 3 nitrogen and oxygen atoms in total. The molecule has 7 aromatic rings. The molecule has 0 spiro atoms. The summed E-state index contributed by atoms with van der Waals surface area (Å²) in [6, 6.07) is 40.7. The molecule has 0 unspecified atom stereocenters. The summed E-state index contributed by atoms with van der Waals surface area (Å²) in [7, 11) is -1.25. The van der Waals surface area contributed by atoms with Crippen molar-refractivity contribution in [2.24, 2.45) is 5.41 Å². The van der Waals surface area contributed by atoms with Crippen LogP contribution in [-0.4, -0.2) is 18.0 Å². The molecule has 263 valence electrons. The van der Waals surface area contributed by atoms with Gasteiger partial charge in [0.25, 0.3) is 0 Å². The fourth-order valence-corrected chi connectivity index (χ4v) is 7.23. The minimum Gasteiger partial charge on any atom is -0.500 e. The van der Waals surface area contributed by atoms with Crippen LogP contribution in [0.15, 0.2) is 114 Å². The van der Waals surface area contributed by atoms with Gasteiger partial charge >= 0.3 is 0 Å². The topological polar surface area (TPSA) is 38.9 Å². The first-order valence-corrected chi connectivity index (χ1v) is 21.1. The van der Waals surface area contributed by atoms with Gasteiger partial charge < -0.3 is 14.4 Å². The Morgan fingerprint density at radius 1 is 0.784 bits per heavy atom.